The van der Waals surface area contributed by atoms with Crippen molar-refractivity contribution in [3.05, 3.63) is 34.3 Å². The molecule has 0 bridgehead atoms. The summed E-state index contributed by atoms with van der Waals surface area (Å²) in [7, 11) is 0. The number of rotatable bonds is 6. The minimum absolute atomic E-state index is 0.0388. The van der Waals surface area contributed by atoms with Crippen molar-refractivity contribution >= 4 is 27.8 Å². The van der Waals surface area contributed by atoms with E-state index in [2.05, 4.69) is 15.9 Å². The molecule has 0 spiro atoms. The summed E-state index contributed by atoms with van der Waals surface area (Å²) in [6.07, 6.45) is -0.0388. The lowest BCUT2D eigenvalue weighted by atomic mass is 10.1. The highest BCUT2D eigenvalue weighted by atomic mass is 79.9. The van der Waals surface area contributed by atoms with E-state index in [9.17, 15) is 9.59 Å². The van der Waals surface area contributed by atoms with Crippen molar-refractivity contribution in [1.82, 2.24) is 4.90 Å². The summed E-state index contributed by atoms with van der Waals surface area (Å²) in [5.41, 5.74) is 0.563. The first-order valence-corrected chi connectivity index (χ1v) is 6.96. The maximum Gasteiger partial charge on any atom is 0.305 e. The maximum absolute atomic E-state index is 12.4. The van der Waals surface area contributed by atoms with Crippen LogP contribution in [-0.4, -0.2) is 35.0 Å². The lowest BCUT2D eigenvalue weighted by Crippen LogP contribution is -2.36. The van der Waals surface area contributed by atoms with Gasteiger partial charge in [-0.1, -0.05) is 26.0 Å². The first kappa shape index (κ1) is 15.7. The van der Waals surface area contributed by atoms with Gasteiger partial charge in [0.25, 0.3) is 5.91 Å². The molecule has 0 heterocycles. The molecule has 4 nitrogen and oxygen atoms in total. The first-order chi connectivity index (χ1) is 8.91. The van der Waals surface area contributed by atoms with Crippen molar-refractivity contribution in [3.63, 3.8) is 0 Å². The second kappa shape index (κ2) is 7.28. The number of hydrogen-bond acceptors (Lipinski definition) is 2. The van der Waals surface area contributed by atoms with Crippen LogP contribution >= 0.6 is 15.9 Å². The van der Waals surface area contributed by atoms with Crippen LogP contribution in [0.1, 0.15) is 30.6 Å². The molecule has 0 atom stereocenters. The van der Waals surface area contributed by atoms with Gasteiger partial charge in [-0.05, 0) is 34.0 Å². The van der Waals surface area contributed by atoms with Crippen molar-refractivity contribution in [1.29, 1.82) is 0 Å². The van der Waals surface area contributed by atoms with Crippen molar-refractivity contribution in [3.8, 4) is 0 Å². The van der Waals surface area contributed by atoms with Crippen LogP contribution in [0.2, 0.25) is 0 Å². The van der Waals surface area contributed by atoms with Gasteiger partial charge in [0.15, 0.2) is 0 Å². The molecule has 0 fully saturated rings. The van der Waals surface area contributed by atoms with Gasteiger partial charge in [-0.3, -0.25) is 9.59 Å². The zero-order valence-electron chi connectivity index (χ0n) is 11.1. The second-order valence-corrected chi connectivity index (χ2v) is 5.62. The SMILES string of the molecule is CC(C)CN(CCC(=O)O)C(=O)c1ccccc1Br. The van der Waals surface area contributed by atoms with Gasteiger partial charge in [0.05, 0.1) is 12.0 Å². The Kier molecular flexibility index (Phi) is 6.02. The third-order valence-corrected chi connectivity index (χ3v) is 3.26. The van der Waals surface area contributed by atoms with E-state index in [-0.39, 0.29) is 18.9 Å². The fourth-order valence-electron chi connectivity index (χ4n) is 1.75. The lowest BCUT2D eigenvalue weighted by Gasteiger charge is -2.24. The smallest absolute Gasteiger partial charge is 0.305 e. The normalized spacial score (nSPS) is 10.5. The van der Waals surface area contributed by atoms with E-state index in [1.807, 2.05) is 19.9 Å². The predicted octanol–water partition coefficient (Wildman–Crippen LogP) is 3.02. The molecular weight excluding hydrogens is 310 g/mol. The number of carboxylic acid groups (broad SMARTS) is 1. The lowest BCUT2D eigenvalue weighted by molar-refractivity contribution is -0.137. The Morgan fingerprint density at radius 3 is 2.47 bits per heavy atom. The number of benzene rings is 1. The number of aliphatic carboxylic acids is 1. The van der Waals surface area contributed by atoms with Gasteiger partial charge in [-0.25, -0.2) is 0 Å². The third-order valence-electron chi connectivity index (χ3n) is 2.57. The summed E-state index contributed by atoms with van der Waals surface area (Å²) in [5, 5.41) is 8.76. The van der Waals surface area contributed by atoms with Crippen molar-refractivity contribution < 1.29 is 14.7 Å². The molecule has 0 aliphatic heterocycles. The Labute approximate surface area is 121 Å². The molecule has 1 aromatic carbocycles. The zero-order valence-corrected chi connectivity index (χ0v) is 12.7. The second-order valence-electron chi connectivity index (χ2n) is 4.77. The van der Waals surface area contributed by atoms with E-state index in [0.717, 1.165) is 4.47 Å². The topological polar surface area (TPSA) is 57.6 Å². The number of carbonyl (C=O) groups is 2. The summed E-state index contributed by atoms with van der Waals surface area (Å²) in [5.74, 6) is -0.739. The van der Waals surface area contributed by atoms with Gasteiger partial charge in [0.2, 0.25) is 0 Å². The molecule has 0 aromatic heterocycles. The van der Waals surface area contributed by atoms with Crippen molar-refractivity contribution in [2.75, 3.05) is 13.1 Å². The number of amides is 1. The summed E-state index contributed by atoms with van der Waals surface area (Å²) in [4.78, 5) is 24.7. The zero-order chi connectivity index (χ0) is 14.4. The predicted molar refractivity (Wildman–Crippen MR) is 77.1 cm³/mol. The highest BCUT2D eigenvalue weighted by molar-refractivity contribution is 9.10. The molecule has 0 aliphatic carbocycles. The summed E-state index contributed by atoms with van der Waals surface area (Å²) < 4.78 is 0.726. The van der Waals surface area contributed by atoms with Crippen molar-refractivity contribution in [2.45, 2.75) is 20.3 Å². The fourth-order valence-corrected chi connectivity index (χ4v) is 2.21. The van der Waals surface area contributed by atoms with Crippen LogP contribution in [-0.2, 0) is 4.79 Å². The Hall–Kier alpha value is -1.36. The minimum Gasteiger partial charge on any atom is -0.481 e. The Balaban J connectivity index is 2.87. The average Bonchev–Trinajstić information content (AvgIpc) is 2.33. The van der Waals surface area contributed by atoms with Crippen LogP contribution in [0.4, 0.5) is 0 Å². The first-order valence-electron chi connectivity index (χ1n) is 6.17. The van der Waals surface area contributed by atoms with E-state index in [0.29, 0.717) is 18.0 Å². The molecule has 1 aromatic rings. The summed E-state index contributed by atoms with van der Waals surface area (Å²) in [6.45, 7) is 4.78. The number of nitrogens with zero attached hydrogens (tertiary/aromatic N) is 1. The number of halogens is 1. The van der Waals surface area contributed by atoms with Crippen LogP contribution < -0.4 is 0 Å². The van der Waals surface area contributed by atoms with E-state index >= 15 is 0 Å². The van der Waals surface area contributed by atoms with Gasteiger partial charge in [0.1, 0.15) is 0 Å². The minimum atomic E-state index is -0.895. The van der Waals surface area contributed by atoms with E-state index in [1.54, 1.807) is 23.1 Å². The van der Waals surface area contributed by atoms with Gasteiger partial charge >= 0.3 is 5.97 Å². The van der Waals surface area contributed by atoms with Crippen molar-refractivity contribution in [2.24, 2.45) is 5.92 Å². The molecule has 19 heavy (non-hydrogen) atoms. The quantitative estimate of drug-likeness (QED) is 0.873. The largest absolute Gasteiger partial charge is 0.481 e. The number of carbonyl (C=O) groups excluding carboxylic acids is 1. The molecule has 0 saturated carbocycles. The van der Waals surface area contributed by atoms with E-state index < -0.39 is 5.97 Å². The monoisotopic (exact) mass is 327 g/mol. The average molecular weight is 328 g/mol. The van der Waals surface area contributed by atoms with Crippen LogP contribution in [0.3, 0.4) is 0 Å². The Morgan fingerprint density at radius 1 is 1.32 bits per heavy atom. The Morgan fingerprint density at radius 2 is 1.95 bits per heavy atom. The summed E-state index contributed by atoms with van der Waals surface area (Å²) >= 11 is 3.35. The van der Waals surface area contributed by atoms with Crippen LogP contribution in [0.5, 0.6) is 0 Å². The Bertz CT molecular complexity index is 460. The number of hydrogen-bond donors (Lipinski definition) is 1. The molecule has 1 amide bonds. The summed E-state index contributed by atoms with van der Waals surface area (Å²) in [6, 6.07) is 7.17. The van der Waals surface area contributed by atoms with Crippen LogP contribution in [0, 0.1) is 5.92 Å². The van der Waals surface area contributed by atoms with Crippen LogP contribution in [0.25, 0.3) is 0 Å². The van der Waals surface area contributed by atoms with Gasteiger partial charge in [0, 0.05) is 17.6 Å². The van der Waals surface area contributed by atoms with Gasteiger partial charge in [-0.15, -0.1) is 0 Å². The fraction of sp³-hybridized carbons (Fsp3) is 0.429. The molecular formula is C14H18BrNO3. The molecule has 0 unspecified atom stereocenters. The standard InChI is InChI=1S/C14H18BrNO3/c1-10(2)9-16(8-7-13(17)18)14(19)11-5-3-4-6-12(11)15/h3-6,10H,7-9H2,1-2H3,(H,17,18). The highest BCUT2D eigenvalue weighted by Gasteiger charge is 2.19. The van der Waals surface area contributed by atoms with E-state index in [1.165, 1.54) is 0 Å². The van der Waals surface area contributed by atoms with Gasteiger partial charge < -0.3 is 10.0 Å². The van der Waals surface area contributed by atoms with Crippen LogP contribution in [0.15, 0.2) is 28.7 Å². The molecule has 0 radical (unpaired) electrons. The molecule has 0 saturated heterocycles. The highest BCUT2D eigenvalue weighted by Crippen LogP contribution is 2.18. The number of carboxylic acids is 1. The van der Waals surface area contributed by atoms with E-state index in [4.69, 9.17) is 5.11 Å². The molecule has 104 valence electrons. The molecule has 5 heteroatoms. The molecule has 0 aliphatic rings. The molecule has 1 rings (SSSR count). The molecule has 1 N–H and O–H groups in total. The van der Waals surface area contributed by atoms with Gasteiger partial charge in [-0.2, -0.15) is 0 Å². The maximum atomic E-state index is 12.4. The third kappa shape index (κ3) is 5.03.